The fourth-order valence-corrected chi connectivity index (χ4v) is 4.88. The number of nitro groups is 1. The van der Waals surface area contributed by atoms with E-state index in [0.29, 0.717) is 40.4 Å². The van der Waals surface area contributed by atoms with Crippen LogP contribution in [0.3, 0.4) is 0 Å². The Morgan fingerprint density at radius 3 is 2.65 bits per heavy atom. The summed E-state index contributed by atoms with van der Waals surface area (Å²) < 4.78 is 14.9. The van der Waals surface area contributed by atoms with Gasteiger partial charge in [-0.1, -0.05) is 23.9 Å². The van der Waals surface area contributed by atoms with Crippen LogP contribution in [0.25, 0.3) is 16.6 Å². The van der Waals surface area contributed by atoms with Crippen molar-refractivity contribution in [3.8, 4) is 5.69 Å². The first kappa shape index (κ1) is 21.8. The van der Waals surface area contributed by atoms with Gasteiger partial charge in [-0.2, -0.15) is 0 Å². The number of carbonyl (C=O) groups is 1. The number of nitro benzene ring substituents is 1. The summed E-state index contributed by atoms with van der Waals surface area (Å²) in [7, 11) is 0. The number of benzene rings is 3. The van der Waals surface area contributed by atoms with Crippen LogP contribution in [0, 0.1) is 15.9 Å². The maximum Gasteiger partial charge on any atom is 0.269 e. The maximum atomic E-state index is 13.5. The van der Waals surface area contributed by atoms with E-state index in [9.17, 15) is 24.1 Å². The number of nitrogens with zero attached hydrogens (tertiary/aromatic N) is 4. The number of halogens is 1. The fraction of sp³-hybridized carbons (Fsp3) is 0.125. The van der Waals surface area contributed by atoms with E-state index in [2.05, 4.69) is 4.98 Å². The van der Waals surface area contributed by atoms with E-state index in [1.807, 2.05) is 0 Å². The third-order valence-electron chi connectivity index (χ3n) is 5.62. The number of hydrogen-bond acceptors (Lipinski definition) is 6. The van der Waals surface area contributed by atoms with Crippen LogP contribution in [0.2, 0.25) is 0 Å². The topological polar surface area (TPSA) is 98.3 Å². The van der Waals surface area contributed by atoms with Gasteiger partial charge in [-0.3, -0.25) is 24.3 Å². The number of aromatic nitrogens is 2. The van der Waals surface area contributed by atoms with E-state index in [1.165, 1.54) is 41.0 Å². The summed E-state index contributed by atoms with van der Waals surface area (Å²) in [6, 6.07) is 16.9. The molecule has 2 heterocycles. The lowest BCUT2D eigenvalue weighted by Gasteiger charge is -2.18. The largest absolute Gasteiger partial charge is 0.311 e. The molecule has 0 saturated heterocycles. The Labute approximate surface area is 196 Å². The molecule has 0 saturated carbocycles. The zero-order valence-corrected chi connectivity index (χ0v) is 18.5. The number of amides is 1. The van der Waals surface area contributed by atoms with Gasteiger partial charge < -0.3 is 4.90 Å². The molecule has 1 amide bonds. The van der Waals surface area contributed by atoms with Gasteiger partial charge in [0.15, 0.2) is 5.16 Å². The summed E-state index contributed by atoms with van der Waals surface area (Å²) >= 11 is 1.11. The molecule has 34 heavy (non-hydrogen) atoms. The Morgan fingerprint density at radius 1 is 1.12 bits per heavy atom. The lowest BCUT2D eigenvalue weighted by molar-refractivity contribution is -0.384. The molecule has 8 nitrogen and oxygen atoms in total. The highest BCUT2D eigenvalue weighted by Gasteiger charge is 2.27. The van der Waals surface area contributed by atoms with Crippen LogP contribution in [0.4, 0.5) is 15.8 Å². The van der Waals surface area contributed by atoms with Gasteiger partial charge in [0.1, 0.15) is 5.82 Å². The Balaban J connectivity index is 1.46. The molecule has 0 radical (unpaired) electrons. The van der Waals surface area contributed by atoms with Crippen molar-refractivity contribution in [1.82, 2.24) is 9.55 Å². The predicted molar refractivity (Wildman–Crippen MR) is 127 cm³/mol. The second-order valence-electron chi connectivity index (χ2n) is 7.68. The van der Waals surface area contributed by atoms with Crippen LogP contribution in [0.1, 0.15) is 5.56 Å². The summed E-state index contributed by atoms with van der Waals surface area (Å²) in [5.41, 5.74) is 2.02. The molecule has 1 aliphatic rings. The van der Waals surface area contributed by atoms with Crippen molar-refractivity contribution in [2.24, 2.45) is 0 Å². The van der Waals surface area contributed by atoms with Gasteiger partial charge >= 0.3 is 0 Å². The molecule has 5 rings (SSSR count). The monoisotopic (exact) mass is 476 g/mol. The Kier molecular flexibility index (Phi) is 5.58. The van der Waals surface area contributed by atoms with E-state index in [1.54, 1.807) is 35.2 Å². The van der Waals surface area contributed by atoms with Gasteiger partial charge in [-0.15, -0.1) is 0 Å². The third-order valence-corrected chi connectivity index (χ3v) is 6.55. The molecule has 1 aliphatic heterocycles. The normalized spacial score (nSPS) is 12.7. The van der Waals surface area contributed by atoms with Gasteiger partial charge in [0, 0.05) is 24.4 Å². The summed E-state index contributed by atoms with van der Waals surface area (Å²) in [5, 5.41) is 11.8. The van der Waals surface area contributed by atoms with Crippen molar-refractivity contribution in [2.45, 2.75) is 11.6 Å². The van der Waals surface area contributed by atoms with Crippen molar-refractivity contribution >= 4 is 39.9 Å². The highest BCUT2D eigenvalue weighted by molar-refractivity contribution is 7.99. The quantitative estimate of drug-likeness (QED) is 0.186. The molecular weight excluding hydrogens is 459 g/mol. The summed E-state index contributed by atoms with van der Waals surface area (Å²) in [6.07, 6.45) is 0.530. The molecule has 0 atom stereocenters. The minimum absolute atomic E-state index is 0.00238. The molecule has 0 aliphatic carbocycles. The Bertz CT molecular complexity index is 1500. The minimum Gasteiger partial charge on any atom is -0.311 e. The van der Waals surface area contributed by atoms with Gasteiger partial charge in [-0.05, 0) is 54.4 Å². The average molecular weight is 476 g/mol. The van der Waals surface area contributed by atoms with E-state index >= 15 is 0 Å². The van der Waals surface area contributed by atoms with Crippen LogP contribution in [0.15, 0.2) is 76.7 Å². The number of non-ortho nitro benzene ring substituents is 1. The molecule has 3 aromatic carbocycles. The first-order valence-electron chi connectivity index (χ1n) is 10.4. The first-order chi connectivity index (χ1) is 16.4. The summed E-state index contributed by atoms with van der Waals surface area (Å²) in [6.45, 7) is 0.422. The Morgan fingerprint density at radius 2 is 1.88 bits per heavy atom. The average Bonchev–Trinajstić information content (AvgIpc) is 3.27. The lowest BCUT2D eigenvalue weighted by Crippen LogP contribution is -2.31. The van der Waals surface area contributed by atoms with Crippen molar-refractivity contribution in [2.75, 3.05) is 17.2 Å². The molecule has 0 unspecified atom stereocenters. The van der Waals surface area contributed by atoms with E-state index in [4.69, 9.17) is 0 Å². The number of thioether (sulfide) groups is 1. The minimum atomic E-state index is -0.458. The van der Waals surface area contributed by atoms with E-state index in [0.717, 1.165) is 17.3 Å². The van der Waals surface area contributed by atoms with Crippen molar-refractivity contribution < 1.29 is 14.1 Å². The predicted octanol–water partition coefficient (Wildman–Crippen LogP) is 4.11. The van der Waals surface area contributed by atoms with Crippen LogP contribution >= 0.6 is 11.8 Å². The molecule has 0 spiro atoms. The van der Waals surface area contributed by atoms with E-state index < -0.39 is 10.7 Å². The smallest absolute Gasteiger partial charge is 0.269 e. The number of hydrogen-bond donors (Lipinski definition) is 0. The standard InChI is InChI=1S/C24H17FN4O4S/c25-16-5-7-17(8-6-16)28-23(31)19-3-1-2-4-20(19)26-24(28)34-14-22(30)27-12-11-15-13-18(29(32)33)9-10-21(15)27/h1-10,13H,11-12,14H2. The van der Waals surface area contributed by atoms with Gasteiger partial charge in [0.05, 0.1) is 27.3 Å². The molecule has 1 aromatic heterocycles. The number of anilines is 1. The molecule has 0 N–H and O–H groups in total. The van der Waals surface area contributed by atoms with Crippen LogP contribution in [0.5, 0.6) is 0 Å². The zero-order valence-electron chi connectivity index (χ0n) is 17.7. The second kappa shape index (κ2) is 8.71. The van der Waals surface area contributed by atoms with Gasteiger partial charge in [-0.25, -0.2) is 9.37 Å². The van der Waals surface area contributed by atoms with Crippen molar-refractivity contribution in [1.29, 1.82) is 0 Å². The number of rotatable bonds is 5. The number of para-hydroxylation sites is 1. The van der Waals surface area contributed by atoms with E-state index in [-0.39, 0.29) is 22.9 Å². The van der Waals surface area contributed by atoms with Crippen LogP contribution in [-0.2, 0) is 11.2 Å². The first-order valence-corrected chi connectivity index (χ1v) is 11.4. The molecule has 4 aromatic rings. The summed E-state index contributed by atoms with van der Waals surface area (Å²) in [4.78, 5) is 43.1. The van der Waals surface area contributed by atoms with Crippen molar-refractivity contribution in [3.05, 3.63) is 98.6 Å². The molecule has 170 valence electrons. The third kappa shape index (κ3) is 3.92. The molecular formula is C24H17FN4O4S. The SMILES string of the molecule is O=C(CSc1nc2ccccc2c(=O)n1-c1ccc(F)cc1)N1CCc2cc([N+](=O)[O-])ccc21. The number of carbonyl (C=O) groups excluding carboxylic acids is 1. The number of fused-ring (bicyclic) bond motifs is 2. The van der Waals surface area contributed by atoms with Gasteiger partial charge in [0.2, 0.25) is 5.91 Å². The van der Waals surface area contributed by atoms with Gasteiger partial charge in [0.25, 0.3) is 11.2 Å². The molecule has 0 bridgehead atoms. The molecule has 10 heteroatoms. The summed E-state index contributed by atoms with van der Waals surface area (Å²) in [5.74, 6) is -0.629. The van der Waals surface area contributed by atoms with Crippen LogP contribution < -0.4 is 10.5 Å². The maximum absolute atomic E-state index is 13.5. The highest BCUT2D eigenvalue weighted by atomic mass is 32.2. The second-order valence-corrected chi connectivity index (χ2v) is 8.63. The zero-order chi connectivity index (χ0) is 23.8. The lowest BCUT2D eigenvalue weighted by atomic mass is 10.1. The molecule has 0 fully saturated rings. The Hall–Kier alpha value is -4.05. The van der Waals surface area contributed by atoms with Crippen molar-refractivity contribution in [3.63, 3.8) is 0 Å². The highest BCUT2D eigenvalue weighted by Crippen LogP contribution is 2.32. The van der Waals surface area contributed by atoms with Crippen LogP contribution in [-0.4, -0.2) is 32.7 Å². The fourth-order valence-electron chi connectivity index (χ4n) is 3.99.